The van der Waals surface area contributed by atoms with Crippen LogP contribution in [-0.4, -0.2) is 19.6 Å². The Morgan fingerprint density at radius 3 is 2.31 bits per heavy atom. The maximum absolute atomic E-state index is 14.1. The van der Waals surface area contributed by atoms with Crippen molar-refractivity contribution in [3.05, 3.63) is 98.2 Å². The molecule has 0 bridgehead atoms. The first-order valence-corrected chi connectivity index (χ1v) is 10.5. The highest BCUT2D eigenvalue weighted by Gasteiger charge is 2.20. The molecular formula is C23H12Cl3FN4O. The molecule has 158 valence electrons. The first-order chi connectivity index (χ1) is 15.4. The van der Waals surface area contributed by atoms with Crippen LogP contribution in [0.5, 0.6) is 0 Å². The predicted octanol–water partition coefficient (Wildman–Crippen LogP) is 6.52. The molecule has 0 spiro atoms. The van der Waals surface area contributed by atoms with Crippen molar-refractivity contribution in [2.75, 3.05) is 0 Å². The SMILES string of the molecule is O=c1cc(-c2cc(F)c(Cl)nc2Cl)[nH]c2c(-c3ccccc3)c(-c3ccc(Cl)cc3)nn12. The van der Waals surface area contributed by atoms with Crippen LogP contribution < -0.4 is 5.56 Å². The van der Waals surface area contributed by atoms with E-state index < -0.39 is 11.4 Å². The minimum Gasteiger partial charge on any atom is -0.339 e. The number of benzene rings is 2. The van der Waals surface area contributed by atoms with E-state index in [0.29, 0.717) is 21.9 Å². The molecule has 5 nitrogen and oxygen atoms in total. The summed E-state index contributed by atoms with van der Waals surface area (Å²) < 4.78 is 15.4. The van der Waals surface area contributed by atoms with Gasteiger partial charge in [-0.05, 0) is 23.8 Å². The Kier molecular flexibility index (Phi) is 5.21. The third-order valence-corrected chi connectivity index (χ3v) is 5.78. The highest BCUT2D eigenvalue weighted by atomic mass is 35.5. The van der Waals surface area contributed by atoms with E-state index in [1.54, 1.807) is 12.1 Å². The van der Waals surface area contributed by atoms with E-state index in [9.17, 15) is 9.18 Å². The number of aromatic amines is 1. The summed E-state index contributed by atoms with van der Waals surface area (Å²) in [6.07, 6.45) is 0. The number of halogens is 4. The lowest BCUT2D eigenvalue weighted by Gasteiger charge is -2.08. The molecule has 0 amide bonds. The van der Waals surface area contributed by atoms with Gasteiger partial charge in [-0.1, -0.05) is 77.3 Å². The van der Waals surface area contributed by atoms with Crippen molar-refractivity contribution in [3.63, 3.8) is 0 Å². The molecule has 1 N–H and O–H groups in total. The molecule has 5 rings (SSSR count). The average molecular weight is 486 g/mol. The summed E-state index contributed by atoms with van der Waals surface area (Å²) in [6, 6.07) is 19.1. The second-order valence-electron chi connectivity index (χ2n) is 6.98. The first kappa shape index (κ1) is 20.7. The van der Waals surface area contributed by atoms with Gasteiger partial charge in [0.05, 0.1) is 11.3 Å². The van der Waals surface area contributed by atoms with Crippen molar-refractivity contribution in [2.45, 2.75) is 0 Å². The fourth-order valence-electron chi connectivity index (χ4n) is 3.51. The van der Waals surface area contributed by atoms with E-state index in [0.717, 1.165) is 17.2 Å². The van der Waals surface area contributed by atoms with Gasteiger partial charge in [0.1, 0.15) is 16.5 Å². The van der Waals surface area contributed by atoms with Gasteiger partial charge in [0.15, 0.2) is 11.0 Å². The molecule has 0 aliphatic rings. The molecule has 5 aromatic rings. The largest absolute Gasteiger partial charge is 0.339 e. The summed E-state index contributed by atoms with van der Waals surface area (Å²) in [7, 11) is 0. The number of fused-ring (bicyclic) bond motifs is 1. The smallest absolute Gasteiger partial charge is 0.274 e. The molecule has 0 saturated carbocycles. The second kappa shape index (κ2) is 8.06. The van der Waals surface area contributed by atoms with Crippen LogP contribution in [0.1, 0.15) is 0 Å². The van der Waals surface area contributed by atoms with Gasteiger partial charge in [-0.2, -0.15) is 9.61 Å². The van der Waals surface area contributed by atoms with Gasteiger partial charge in [0.25, 0.3) is 5.56 Å². The van der Waals surface area contributed by atoms with Crippen LogP contribution in [0.4, 0.5) is 4.39 Å². The molecular weight excluding hydrogens is 474 g/mol. The number of aromatic nitrogens is 4. The highest BCUT2D eigenvalue weighted by molar-refractivity contribution is 6.34. The number of hydrogen-bond acceptors (Lipinski definition) is 3. The summed E-state index contributed by atoms with van der Waals surface area (Å²) in [5.74, 6) is -0.745. The fraction of sp³-hybridized carbons (Fsp3) is 0. The van der Waals surface area contributed by atoms with E-state index in [2.05, 4.69) is 15.1 Å². The lowest BCUT2D eigenvalue weighted by atomic mass is 10.0. The molecule has 0 saturated heterocycles. The van der Waals surface area contributed by atoms with E-state index in [-0.39, 0.29) is 21.6 Å². The van der Waals surface area contributed by atoms with Crippen molar-refractivity contribution in [1.29, 1.82) is 0 Å². The highest BCUT2D eigenvalue weighted by Crippen LogP contribution is 2.36. The normalized spacial score (nSPS) is 11.2. The minimum absolute atomic E-state index is 0.0323. The topological polar surface area (TPSA) is 63.0 Å². The number of H-pyrrole nitrogens is 1. The van der Waals surface area contributed by atoms with Crippen LogP contribution in [-0.2, 0) is 0 Å². The Morgan fingerprint density at radius 2 is 1.59 bits per heavy atom. The van der Waals surface area contributed by atoms with Crippen molar-refractivity contribution >= 4 is 40.4 Å². The maximum Gasteiger partial charge on any atom is 0.274 e. The zero-order valence-electron chi connectivity index (χ0n) is 16.1. The van der Waals surface area contributed by atoms with Crippen LogP contribution in [0.25, 0.3) is 39.3 Å². The van der Waals surface area contributed by atoms with Gasteiger partial charge in [0, 0.05) is 22.2 Å². The van der Waals surface area contributed by atoms with E-state index >= 15 is 0 Å². The molecule has 2 aromatic carbocycles. The molecule has 0 aliphatic heterocycles. The summed E-state index contributed by atoms with van der Waals surface area (Å²) in [6.45, 7) is 0. The van der Waals surface area contributed by atoms with Gasteiger partial charge in [-0.25, -0.2) is 9.37 Å². The van der Waals surface area contributed by atoms with E-state index in [1.807, 2.05) is 42.5 Å². The molecule has 0 atom stereocenters. The Bertz CT molecular complexity index is 1530. The number of hydrogen-bond donors (Lipinski definition) is 1. The quantitative estimate of drug-likeness (QED) is 0.296. The van der Waals surface area contributed by atoms with E-state index in [4.69, 9.17) is 34.8 Å². The summed E-state index contributed by atoms with van der Waals surface area (Å²) in [5.41, 5.74) is 3.41. The number of rotatable bonds is 3. The van der Waals surface area contributed by atoms with Gasteiger partial charge in [-0.15, -0.1) is 0 Å². The van der Waals surface area contributed by atoms with Crippen LogP contribution in [0.2, 0.25) is 15.3 Å². The van der Waals surface area contributed by atoms with Crippen LogP contribution >= 0.6 is 34.8 Å². The third kappa shape index (κ3) is 3.56. The van der Waals surface area contributed by atoms with Gasteiger partial charge in [0.2, 0.25) is 0 Å². The Hall–Kier alpha value is -3.19. The predicted molar refractivity (Wildman–Crippen MR) is 125 cm³/mol. The summed E-state index contributed by atoms with van der Waals surface area (Å²) >= 11 is 18.0. The van der Waals surface area contributed by atoms with Crippen molar-refractivity contribution < 1.29 is 4.39 Å². The van der Waals surface area contributed by atoms with Gasteiger partial charge >= 0.3 is 0 Å². The number of pyridine rings is 1. The molecule has 9 heteroatoms. The van der Waals surface area contributed by atoms with Crippen LogP contribution in [0.15, 0.2) is 71.5 Å². The van der Waals surface area contributed by atoms with Gasteiger partial charge in [-0.3, -0.25) is 4.79 Å². The second-order valence-corrected chi connectivity index (χ2v) is 8.13. The molecule has 0 aliphatic carbocycles. The zero-order valence-corrected chi connectivity index (χ0v) is 18.4. The average Bonchev–Trinajstić information content (AvgIpc) is 3.17. The zero-order chi connectivity index (χ0) is 22.4. The van der Waals surface area contributed by atoms with E-state index in [1.165, 1.54) is 10.6 Å². The maximum atomic E-state index is 14.1. The third-order valence-electron chi connectivity index (χ3n) is 4.97. The summed E-state index contributed by atoms with van der Waals surface area (Å²) in [4.78, 5) is 20.0. The summed E-state index contributed by atoms with van der Waals surface area (Å²) in [5, 5.41) is 4.77. The van der Waals surface area contributed by atoms with Crippen LogP contribution in [0.3, 0.4) is 0 Å². The molecule has 3 aromatic heterocycles. The molecule has 0 fully saturated rings. The minimum atomic E-state index is -0.745. The molecule has 0 radical (unpaired) electrons. The van der Waals surface area contributed by atoms with Crippen molar-refractivity contribution in [1.82, 2.24) is 19.6 Å². The standard InChI is InChI=1S/C23H12Cl3FN4O/c24-14-8-6-13(7-9-14)20-19(12-4-2-1-3-5-12)23-28-17(11-18(32)31(23)30-20)15-10-16(27)22(26)29-21(15)25/h1-11,28H. The molecule has 32 heavy (non-hydrogen) atoms. The Morgan fingerprint density at radius 1 is 0.875 bits per heavy atom. The van der Waals surface area contributed by atoms with Crippen molar-refractivity contribution in [2.24, 2.45) is 0 Å². The Labute approximate surface area is 196 Å². The monoisotopic (exact) mass is 484 g/mol. The lowest BCUT2D eigenvalue weighted by Crippen LogP contribution is -2.14. The lowest BCUT2D eigenvalue weighted by molar-refractivity contribution is 0.622. The molecule has 3 heterocycles. The number of nitrogens with zero attached hydrogens (tertiary/aromatic N) is 3. The Balaban J connectivity index is 1.84. The molecule has 0 unspecified atom stereocenters. The fourth-order valence-corrected chi connectivity index (χ4v) is 4.06. The van der Waals surface area contributed by atoms with Crippen LogP contribution in [0, 0.1) is 5.82 Å². The van der Waals surface area contributed by atoms with Gasteiger partial charge < -0.3 is 4.98 Å². The number of nitrogens with one attached hydrogen (secondary N) is 1. The first-order valence-electron chi connectivity index (χ1n) is 9.41. The van der Waals surface area contributed by atoms with Crippen molar-refractivity contribution in [3.8, 4) is 33.6 Å².